The summed E-state index contributed by atoms with van der Waals surface area (Å²) in [6, 6.07) is 0. The topological polar surface area (TPSA) is 57.8 Å². The number of rotatable bonds is 1. The van der Waals surface area contributed by atoms with Crippen LogP contribution >= 0.6 is 0 Å². The predicted octanol–water partition coefficient (Wildman–Crippen LogP) is -0.698. The monoisotopic (exact) mass is 115 g/mol. The third-order valence-corrected chi connectivity index (χ3v) is 1.01. The van der Waals surface area contributed by atoms with E-state index >= 15 is 0 Å². The van der Waals surface area contributed by atoms with Crippen molar-refractivity contribution >= 4 is 5.97 Å². The lowest BCUT2D eigenvalue weighted by Crippen LogP contribution is -2.16. The van der Waals surface area contributed by atoms with E-state index in [1.54, 1.807) is 0 Å². The smallest absolute Gasteiger partial charge is 0.337 e. The zero-order valence-corrected chi connectivity index (χ0v) is 4.16. The van der Waals surface area contributed by atoms with Gasteiger partial charge < -0.3 is 4.74 Å². The number of carbonyl (C=O) groups is 1. The molecule has 0 N–H and O–H groups in total. The van der Waals surface area contributed by atoms with Gasteiger partial charge in [-0.15, -0.1) is 0 Å². The molecule has 1 fully saturated rings. The molecule has 0 saturated carbocycles. The molecule has 1 unspecified atom stereocenters. The van der Waals surface area contributed by atoms with E-state index < -0.39 is 12.1 Å². The summed E-state index contributed by atoms with van der Waals surface area (Å²) in [5, 5.41) is 0. The first-order valence-electron chi connectivity index (χ1n) is 2.31. The summed E-state index contributed by atoms with van der Waals surface area (Å²) in [4.78, 5) is 14.0. The van der Waals surface area contributed by atoms with Crippen molar-refractivity contribution in [1.82, 2.24) is 5.90 Å². The Labute approximate surface area is 46.5 Å². The summed E-state index contributed by atoms with van der Waals surface area (Å²) in [7, 11) is 0. The van der Waals surface area contributed by atoms with Crippen LogP contribution in [0.5, 0.6) is 0 Å². The summed E-state index contributed by atoms with van der Waals surface area (Å²) in [5.41, 5.74) is 0. The van der Waals surface area contributed by atoms with E-state index in [0.29, 0.717) is 13.0 Å². The highest BCUT2D eigenvalue weighted by Gasteiger charge is 2.26. The third kappa shape index (κ3) is 0.801. The molecule has 0 aromatic rings. The van der Waals surface area contributed by atoms with Gasteiger partial charge in [-0.3, -0.25) is 0 Å². The zero-order chi connectivity index (χ0) is 5.98. The molecule has 2 radical (unpaired) electrons. The summed E-state index contributed by atoms with van der Waals surface area (Å²) in [6.07, 6.45) is -0.287. The second kappa shape index (κ2) is 2.11. The van der Waals surface area contributed by atoms with Crippen LogP contribution in [0, 0.1) is 0 Å². The van der Waals surface area contributed by atoms with Crippen LogP contribution < -0.4 is 5.90 Å². The van der Waals surface area contributed by atoms with Gasteiger partial charge in [0.15, 0.2) is 6.10 Å². The van der Waals surface area contributed by atoms with Gasteiger partial charge in [0.05, 0.1) is 6.61 Å². The Bertz CT molecular complexity index is 103. The van der Waals surface area contributed by atoms with Crippen LogP contribution in [0.1, 0.15) is 6.42 Å². The normalized spacial score (nSPS) is 28.1. The molecule has 0 bridgehead atoms. The van der Waals surface area contributed by atoms with Gasteiger partial charge in [0.1, 0.15) is 0 Å². The van der Waals surface area contributed by atoms with Gasteiger partial charge in [-0.25, -0.2) is 9.63 Å². The molecule has 8 heavy (non-hydrogen) atoms. The highest BCUT2D eigenvalue weighted by atomic mass is 16.7. The second-order valence-corrected chi connectivity index (χ2v) is 1.55. The highest BCUT2D eigenvalue weighted by molar-refractivity contribution is 5.76. The fourth-order valence-corrected chi connectivity index (χ4v) is 0.573. The first kappa shape index (κ1) is 5.53. The van der Waals surface area contributed by atoms with E-state index in [9.17, 15) is 4.79 Å². The fraction of sp³-hybridized carbons (Fsp3) is 0.750. The molecule has 0 aromatic heterocycles. The first-order chi connectivity index (χ1) is 3.84. The molecule has 1 aliphatic rings. The van der Waals surface area contributed by atoms with E-state index in [-0.39, 0.29) is 0 Å². The minimum Gasteiger partial charge on any atom is -0.464 e. The summed E-state index contributed by atoms with van der Waals surface area (Å²) < 4.78 is 4.43. The maximum atomic E-state index is 10.3. The van der Waals surface area contributed by atoms with Crippen molar-refractivity contribution in [3.63, 3.8) is 0 Å². The number of ether oxygens (including phenoxy) is 1. The minimum absolute atomic E-state index is 0.351. The number of nitrogens with zero attached hydrogens (tertiary/aromatic N) is 1. The van der Waals surface area contributed by atoms with Crippen molar-refractivity contribution in [3.05, 3.63) is 0 Å². The molecule has 0 amide bonds. The van der Waals surface area contributed by atoms with Crippen molar-refractivity contribution in [2.24, 2.45) is 0 Å². The van der Waals surface area contributed by atoms with Gasteiger partial charge in [-0.05, 0) is 0 Å². The molecule has 1 atom stereocenters. The summed E-state index contributed by atoms with van der Waals surface area (Å²) in [6.45, 7) is 0.351. The fourth-order valence-electron chi connectivity index (χ4n) is 0.573. The molecular weight excluding hydrogens is 110 g/mol. The first-order valence-corrected chi connectivity index (χ1v) is 2.31. The van der Waals surface area contributed by atoms with Crippen LogP contribution in [-0.4, -0.2) is 18.7 Å². The van der Waals surface area contributed by atoms with Crippen LogP contribution in [0.3, 0.4) is 0 Å². The summed E-state index contributed by atoms with van der Waals surface area (Å²) in [5.74, 6) is 7.46. The number of cyclic esters (lactones) is 1. The summed E-state index contributed by atoms with van der Waals surface area (Å²) >= 11 is 0. The molecule has 4 heteroatoms. The van der Waals surface area contributed by atoms with E-state index in [2.05, 4.69) is 9.57 Å². The number of esters is 1. The quantitative estimate of drug-likeness (QED) is 0.335. The van der Waals surface area contributed by atoms with Crippen molar-refractivity contribution in [1.29, 1.82) is 0 Å². The van der Waals surface area contributed by atoms with Crippen LogP contribution in [0.15, 0.2) is 0 Å². The van der Waals surface area contributed by atoms with Crippen molar-refractivity contribution in [3.8, 4) is 0 Å². The third-order valence-electron chi connectivity index (χ3n) is 1.01. The Kier molecular flexibility index (Phi) is 1.45. The molecule has 44 valence electrons. The standard InChI is InChI=1S/C4H5NO3/c5-8-3-1-2-7-4(3)6/h3H,1-2H2. The number of hydrogen-bond acceptors (Lipinski definition) is 3. The van der Waals surface area contributed by atoms with E-state index in [1.807, 2.05) is 0 Å². The second-order valence-electron chi connectivity index (χ2n) is 1.55. The molecule has 1 rings (SSSR count). The maximum Gasteiger partial charge on any atom is 0.337 e. The van der Waals surface area contributed by atoms with Crippen LogP contribution in [0.25, 0.3) is 0 Å². The minimum atomic E-state index is -0.741. The molecule has 1 saturated heterocycles. The Morgan fingerprint density at radius 3 is 2.88 bits per heavy atom. The van der Waals surface area contributed by atoms with Crippen molar-refractivity contribution in [2.45, 2.75) is 12.5 Å². The molecule has 0 aliphatic carbocycles. The van der Waals surface area contributed by atoms with Crippen LogP contribution in [-0.2, 0) is 14.4 Å². The van der Waals surface area contributed by atoms with Gasteiger partial charge in [-0.2, -0.15) is 0 Å². The SMILES string of the molecule is [N]OC1CCOC1=O. The van der Waals surface area contributed by atoms with Crippen LogP contribution in [0.4, 0.5) is 0 Å². The Morgan fingerprint density at radius 2 is 2.62 bits per heavy atom. The Hall–Kier alpha value is -0.610. The predicted molar refractivity (Wildman–Crippen MR) is 22.6 cm³/mol. The average Bonchev–Trinajstić information content (AvgIpc) is 2.14. The van der Waals surface area contributed by atoms with Gasteiger partial charge in [0, 0.05) is 12.3 Å². The number of carbonyl (C=O) groups excluding carboxylic acids is 1. The largest absolute Gasteiger partial charge is 0.464 e. The molecule has 4 nitrogen and oxygen atoms in total. The maximum absolute atomic E-state index is 10.3. The van der Waals surface area contributed by atoms with Crippen molar-refractivity contribution < 1.29 is 14.4 Å². The molecule has 1 heterocycles. The molecule has 1 aliphatic heterocycles. The van der Waals surface area contributed by atoms with Gasteiger partial charge in [0.2, 0.25) is 0 Å². The van der Waals surface area contributed by atoms with E-state index in [1.165, 1.54) is 0 Å². The van der Waals surface area contributed by atoms with Gasteiger partial charge >= 0.3 is 5.97 Å². The number of hydrogen-bond donors (Lipinski definition) is 0. The molecule has 0 aromatic carbocycles. The van der Waals surface area contributed by atoms with Crippen molar-refractivity contribution in [2.75, 3.05) is 6.61 Å². The average molecular weight is 115 g/mol. The lowest BCUT2D eigenvalue weighted by atomic mass is 10.3. The van der Waals surface area contributed by atoms with E-state index in [0.717, 1.165) is 0 Å². The van der Waals surface area contributed by atoms with Crippen LogP contribution in [0.2, 0.25) is 0 Å². The lowest BCUT2D eigenvalue weighted by molar-refractivity contribution is -0.148. The molecule has 0 spiro atoms. The lowest BCUT2D eigenvalue weighted by Gasteiger charge is -1.94. The molecular formula is C4H5NO3. The highest BCUT2D eigenvalue weighted by Crippen LogP contribution is 2.07. The Morgan fingerprint density at radius 1 is 1.88 bits per heavy atom. The Balaban J connectivity index is 2.42. The zero-order valence-electron chi connectivity index (χ0n) is 4.16. The van der Waals surface area contributed by atoms with Gasteiger partial charge in [0.25, 0.3) is 0 Å². The van der Waals surface area contributed by atoms with E-state index in [4.69, 9.17) is 5.90 Å². The van der Waals surface area contributed by atoms with Gasteiger partial charge in [-0.1, -0.05) is 0 Å².